The molecule has 0 spiro atoms. The van der Waals surface area contributed by atoms with Crippen LogP contribution in [0.2, 0.25) is 0 Å². The molecule has 7 heteroatoms. The minimum atomic E-state index is -3.76. The van der Waals surface area contributed by atoms with Crippen LogP contribution in [0.5, 0.6) is 5.75 Å². The lowest BCUT2D eigenvalue weighted by atomic mass is 10.2. The highest BCUT2D eigenvalue weighted by atomic mass is 32.2. The summed E-state index contributed by atoms with van der Waals surface area (Å²) in [6, 6.07) is 12.1. The number of aryl methyl sites for hydroxylation is 1. The number of rotatable bonds is 6. The van der Waals surface area contributed by atoms with Gasteiger partial charge in [0.05, 0.1) is 12.7 Å². The zero-order valence-electron chi connectivity index (χ0n) is 16.9. The van der Waals surface area contributed by atoms with Gasteiger partial charge in [0.25, 0.3) is 0 Å². The van der Waals surface area contributed by atoms with Crippen molar-refractivity contribution in [3.8, 4) is 5.75 Å². The van der Waals surface area contributed by atoms with Crippen LogP contribution in [0.3, 0.4) is 0 Å². The first-order chi connectivity index (χ1) is 13.9. The molecule has 6 nitrogen and oxygen atoms in total. The molecule has 0 bridgehead atoms. The number of hydrogen-bond donors (Lipinski definition) is 0. The van der Waals surface area contributed by atoms with Crippen LogP contribution in [0.1, 0.15) is 47.2 Å². The molecule has 1 aliphatic heterocycles. The van der Waals surface area contributed by atoms with E-state index in [1.807, 2.05) is 31.2 Å². The summed E-state index contributed by atoms with van der Waals surface area (Å²) in [6.45, 7) is 3.07. The van der Waals surface area contributed by atoms with E-state index in [-0.39, 0.29) is 22.8 Å². The zero-order valence-corrected chi connectivity index (χ0v) is 17.7. The molecule has 0 atom stereocenters. The van der Waals surface area contributed by atoms with Gasteiger partial charge in [-0.3, -0.25) is 0 Å². The van der Waals surface area contributed by atoms with Gasteiger partial charge in [-0.1, -0.05) is 42.7 Å². The molecular formula is C22H27NO5S. The smallest absolute Gasteiger partial charge is 0.338 e. The van der Waals surface area contributed by atoms with Crippen LogP contribution in [0.15, 0.2) is 47.4 Å². The first-order valence-corrected chi connectivity index (χ1v) is 11.3. The molecule has 2 aromatic rings. The van der Waals surface area contributed by atoms with Gasteiger partial charge in [0.1, 0.15) is 17.3 Å². The number of hydrogen-bond acceptors (Lipinski definition) is 5. The van der Waals surface area contributed by atoms with E-state index in [2.05, 4.69) is 0 Å². The van der Waals surface area contributed by atoms with E-state index in [0.717, 1.165) is 36.8 Å². The van der Waals surface area contributed by atoms with Crippen LogP contribution in [-0.4, -0.2) is 38.9 Å². The Morgan fingerprint density at radius 2 is 1.66 bits per heavy atom. The standard InChI is InChI=1S/C22H27NO5S/c1-17-7-9-18(10-8-17)16-28-22(24)19-11-12-20(27-2)21(15-19)29(25,26)23-13-5-3-4-6-14-23/h7-12,15H,3-6,13-14,16H2,1-2H3. The second-order valence-electron chi connectivity index (χ2n) is 7.25. The third kappa shape index (κ3) is 5.16. The van der Waals surface area contributed by atoms with Crippen molar-refractivity contribution in [3.63, 3.8) is 0 Å². The summed E-state index contributed by atoms with van der Waals surface area (Å²) in [4.78, 5) is 12.5. The Balaban J connectivity index is 1.82. The molecule has 0 unspecified atom stereocenters. The molecule has 0 amide bonds. The second-order valence-corrected chi connectivity index (χ2v) is 9.15. The topological polar surface area (TPSA) is 72.9 Å². The minimum Gasteiger partial charge on any atom is -0.495 e. The molecule has 1 aliphatic rings. The fourth-order valence-corrected chi connectivity index (χ4v) is 5.04. The predicted octanol–water partition coefficient (Wildman–Crippen LogP) is 3.93. The summed E-state index contributed by atoms with van der Waals surface area (Å²) in [6.07, 6.45) is 3.71. The molecule has 0 radical (unpaired) electrons. The summed E-state index contributed by atoms with van der Waals surface area (Å²) in [5.74, 6) is -0.343. The van der Waals surface area contributed by atoms with Gasteiger partial charge in [0.15, 0.2) is 0 Å². The van der Waals surface area contributed by atoms with Crippen molar-refractivity contribution < 1.29 is 22.7 Å². The van der Waals surface area contributed by atoms with Crippen LogP contribution in [0.25, 0.3) is 0 Å². The Bertz CT molecular complexity index is 946. The van der Waals surface area contributed by atoms with Gasteiger partial charge in [0, 0.05) is 13.1 Å². The van der Waals surface area contributed by atoms with Crippen LogP contribution >= 0.6 is 0 Å². The highest BCUT2D eigenvalue weighted by Crippen LogP contribution is 2.29. The molecule has 3 rings (SSSR count). The lowest BCUT2D eigenvalue weighted by Crippen LogP contribution is -2.32. The molecule has 1 fully saturated rings. The van der Waals surface area contributed by atoms with Crippen LogP contribution < -0.4 is 4.74 Å². The highest BCUT2D eigenvalue weighted by molar-refractivity contribution is 7.89. The van der Waals surface area contributed by atoms with Crippen molar-refractivity contribution in [2.75, 3.05) is 20.2 Å². The molecule has 1 saturated heterocycles. The molecule has 0 N–H and O–H groups in total. The summed E-state index contributed by atoms with van der Waals surface area (Å²) in [7, 11) is -2.33. The van der Waals surface area contributed by atoms with Gasteiger partial charge in [0.2, 0.25) is 10.0 Å². The van der Waals surface area contributed by atoms with Crippen molar-refractivity contribution in [1.82, 2.24) is 4.31 Å². The molecule has 29 heavy (non-hydrogen) atoms. The van der Waals surface area contributed by atoms with Crippen molar-refractivity contribution in [3.05, 3.63) is 59.2 Å². The fraction of sp³-hybridized carbons (Fsp3) is 0.409. The Labute approximate surface area is 172 Å². The van der Waals surface area contributed by atoms with Gasteiger partial charge < -0.3 is 9.47 Å². The molecule has 1 heterocycles. The average molecular weight is 418 g/mol. The van der Waals surface area contributed by atoms with E-state index >= 15 is 0 Å². The van der Waals surface area contributed by atoms with Gasteiger partial charge in [-0.2, -0.15) is 4.31 Å². The minimum absolute atomic E-state index is 0.00619. The normalized spacial score (nSPS) is 15.5. The number of methoxy groups -OCH3 is 1. The lowest BCUT2D eigenvalue weighted by Gasteiger charge is -2.21. The van der Waals surface area contributed by atoms with E-state index in [1.54, 1.807) is 0 Å². The van der Waals surface area contributed by atoms with Crippen molar-refractivity contribution in [1.29, 1.82) is 0 Å². The maximum atomic E-state index is 13.2. The number of benzene rings is 2. The molecule has 0 aliphatic carbocycles. The number of sulfonamides is 1. The Hall–Kier alpha value is -2.38. The summed E-state index contributed by atoms with van der Waals surface area (Å²) >= 11 is 0. The molecular weight excluding hydrogens is 390 g/mol. The van der Waals surface area contributed by atoms with Crippen molar-refractivity contribution >= 4 is 16.0 Å². The number of carbonyl (C=O) groups excluding carboxylic acids is 1. The molecule has 156 valence electrons. The largest absolute Gasteiger partial charge is 0.495 e. The quantitative estimate of drug-likeness (QED) is 0.666. The third-order valence-corrected chi connectivity index (χ3v) is 6.99. The van der Waals surface area contributed by atoms with Gasteiger partial charge in [-0.25, -0.2) is 13.2 Å². The first kappa shape index (κ1) is 21.3. The van der Waals surface area contributed by atoms with Crippen LogP contribution in [0, 0.1) is 6.92 Å². The summed E-state index contributed by atoms with van der Waals surface area (Å²) in [5, 5.41) is 0. The van der Waals surface area contributed by atoms with E-state index in [9.17, 15) is 13.2 Å². The third-order valence-electron chi connectivity index (χ3n) is 5.07. The fourth-order valence-electron chi connectivity index (χ4n) is 3.34. The van der Waals surface area contributed by atoms with E-state index < -0.39 is 16.0 Å². The summed E-state index contributed by atoms with van der Waals surface area (Å²) in [5.41, 5.74) is 2.18. The Morgan fingerprint density at radius 3 is 2.28 bits per heavy atom. The van der Waals surface area contributed by atoms with Gasteiger partial charge in [-0.15, -0.1) is 0 Å². The predicted molar refractivity (Wildman–Crippen MR) is 111 cm³/mol. The maximum Gasteiger partial charge on any atom is 0.338 e. The van der Waals surface area contributed by atoms with Gasteiger partial charge in [-0.05, 0) is 43.5 Å². The average Bonchev–Trinajstić information content (AvgIpc) is 3.03. The van der Waals surface area contributed by atoms with E-state index in [0.29, 0.717) is 13.1 Å². The van der Waals surface area contributed by atoms with E-state index in [1.165, 1.54) is 29.6 Å². The number of esters is 1. The monoisotopic (exact) mass is 417 g/mol. The zero-order chi connectivity index (χ0) is 20.9. The maximum absolute atomic E-state index is 13.2. The number of ether oxygens (including phenoxy) is 2. The van der Waals surface area contributed by atoms with Gasteiger partial charge >= 0.3 is 5.97 Å². The van der Waals surface area contributed by atoms with Crippen LogP contribution in [-0.2, 0) is 21.4 Å². The number of carbonyl (C=O) groups is 1. The van der Waals surface area contributed by atoms with Crippen molar-refractivity contribution in [2.24, 2.45) is 0 Å². The Kier molecular flexibility index (Phi) is 6.92. The van der Waals surface area contributed by atoms with E-state index in [4.69, 9.17) is 9.47 Å². The number of nitrogens with zero attached hydrogens (tertiary/aromatic N) is 1. The highest BCUT2D eigenvalue weighted by Gasteiger charge is 2.29. The molecule has 2 aromatic carbocycles. The van der Waals surface area contributed by atoms with Crippen molar-refractivity contribution in [2.45, 2.75) is 44.1 Å². The SMILES string of the molecule is COc1ccc(C(=O)OCc2ccc(C)cc2)cc1S(=O)(=O)N1CCCCCC1. The second kappa shape index (κ2) is 9.41. The lowest BCUT2D eigenvalue weighted by molar-refractivity contribution is 0.0472. The summed E-state index contributed by atoms with van der Waals surface area (Å²) < 4.78 is 38.5. The molecule has 0 saturated carbocycles. The first-order valence-electron chi connectivity index (χ1n) is 9.82. The van der Waals surface area contributed by atoms with Crippen LogP contribution in [0.4, 0.5) is 0 Å². The Morgan fingerprint density at radius 1 is 1.00 bits per heavy atom. The molecule has 0 aromatic heterocycles.